The summed E-state index contributed by atoms with van der Waals surface area (Å²) >= 11 is 0. The summed E-state index contributed by atoms with van der Waals surface area (Å²) in [4.78, 5) is 73.0. The molecule has 0 heterocycles. The van der Waals surface area contributed by atoms with E-state index < -0.39 is 97.5 Å². The van der Waals surface area contributed by atoms with Gasteiger partial charge in [0.2, 0.25) is 0 Å². The third-order valence-corrected chi connectivity index (χ3v) is 21.5. The molecule has 0 saturated heterocycles. The molecular weight excluding hydrogens is 1320 g/mol. The van der Waals surface area contributed by atoms with E-state index in [-0.39, 0.29) is 25.7 Å². The van der Waals surface area contributed by atoms with Gasteiger partial charge in [-0.15, -0.1) is 0 Å². The van der Waals surface area contributed by atoms with Crippen molar-refractivity contribution >= 4 is 39.5 Å². The lowest BCUT2D eigenvalue weighted by Gasteiger charge is -2.21. The Hall–Kier alpha value is -1.94. The van der Waals surface area contributed by atoms with Crippen molar-refractivity contribution in [1.82, 2.24) is 0 Å². The van der Waals surface area contributed by atoms with Crippen LogP contribution in [-0.2, 0) is 65.4 Å². The van der Waals surface area contributed by atoms with Gasteiger partial charge >= 0.3 is 39.5 Å². The number of aliphatic hydroxyl groups is 1. The summed E-state index contributed by atoms with van der Waals surface area (Å²) in [5.41, 5.74) is 0. The van der Waals surface area contributed by atoms with Crippen molar-refractivity contribution in [3.05, 3.63) is 0 Å². The van der Waals surface area contributed by atoms with E-state index in [2.05, 4.69) is 41.5 Å². The van der Waals surface area contributed by atoms with Crippen LogP contribution in [0.15, 0.2) is 0 Å². The Bertz CT molecular complexity index is 1940. The van der Waals surface area contributed by atoms with Crippen molar-refractivity contribution in [3.63, 3.8) is 0 Å². The Morgan fingerprint density at radius 3 is 0.752 bits per heavy atom. The molecule has 0 bridgehead atoms. The maximum absolute atomic E-state index is 13.1. The van der Waals surface area contributed by atoms with Crippen molar-refractivity contribution < 1.29 is 80.2 Å². The van der Waals surface area contributed by atoms with Gasteiger partial charge in [0.15, 0.2) is 12.2 Å². The van der Waals surface area contributed by atoms with Crippen LogP contribution in [0.4, 0.5) is 0 Å². The number of phosphoric ester groups is 2. The highest BCUT2D eigenvalue weighted by Crippen LogP contribution is 2.45. The van der Waals surface area contributed by atoms with E-state index in [1.807, 2.05) is 0 Å². The summed E-state index contributed by atoms with van der Waals surface area (Å²) < 4.78 is 68.7. The molecule has 0 aliphatic heterocycles. The fourth-order valence-corrected chi connectivity index (χ4v) is 14.3. The van der Waals surface area contributed by atoms with Gasteiger partial charge in [-0.05, 0) is 37.5 Å². The molecule has 0 fully saturated rings. The van der Waals surface area contributed by atoms with Crippen LogP contribution < -0.4 is 0 Å². The smallest absolute Gasteiger partial charge is 0.462 e. The molecule has 3 unspecified atom stereocenters. The van der Waals surface area contributed by atoms with Crippen LogP contribution in [0.1, 0.15) is 433 Å². The monoisotopic (exact) mass is 1480 g/mol. The molecule has 6 atom stereocenters. The second-order valence-corrected chi connectivity index (χ2v) is 33.1. The Labute approximate surface area is 619 Å². The van der Waals surface area contributed by atoms with Crippen LogP contribution in [0.3, 0.4) is 0 Å². The van der Waals surface area contributed by atoms with Crippen LogP contribution in [0.2, 0.25) is 0 Å². The number of unbranched alkanes of at least 4 members (excludes halogenated alkanes) is 50. The SMILES string of the molecule is CCCCCCCCCCCCCCCCCCCCCCCCC(=O)O[C@H](COC(=O)CCCCCCCCCCCCC(C)CC)COP(=O)(O)OC[C@@H](O)COP(=O)(O)OC[C@@H](COC(=O)CCCCCCCCCCC(C)C)OC(=O)CCCCCCCCCCCCCCCC. The molecular formula is C82H160O17P2. The van der Waals surface area contributed by atoms with E-state index >= 15 is 0 Å². The predicted octanol–water partition coefficient (Wildman–Crippen LogP) is 24.7. The first-order valence-corrected chi connectivity index (χ1v) is 45.5. The summed E-state index contributed by atoms with van der Waals surface area (Å²) in [6.07, 6.45) is 63.9. The first kappa shape index (κ1) is 99.1. The number of phosphoric acid groups is 2. The van der Waals surface area contributed by atoms with E-state index in [4.69, 9.17) is 37.0 Å². The molecule has 0 rings (SSSR count). The zero-order valence-electron chi connectivity index (χ0n) is 66.2. The van der Waals surface area contributed by atoms with Crippen LogP contribution >= 0.6 is 15.6 Å². The fraction of sp³-hybridized carbons (Fsp3) is 0.951. The molecule has 17 nitrogen and oxygen atoms in total. The highest BCUT2D eigenvalue weighted by molar-refractivity contribution is 7.47. The number of hydrogen-bond donors (Lipinski definition) is 3. The molecule has 600 valence electrons. The van der Waals surface area contributed by atoms with Gasteiger partial charge in [0.25, 0.3) is 0 Å². The number of hydrogen-bond acceptors (Lipinski definition) is 15. The van der Waals surface area contributed by atoms with Crippen molar-refractivity contribution in [2.24, 2.45) is 11.8 Å². The quantitative estimate of drug-likeness (QED) is 0.0222. The number of rotatable bonds is 81. The summed E-state index contributed by atoms with van der Waals surface area (Å²) in [6.45, 7) is 9.63. The highest BCUT2D eigenvalue weighted by Gasteiger charge is 2.30. The molecule has 19 heteroatoms. The van der Waals surface area contributed by atoms with Gasteiger partial charge < -0.3 is 33.8 Å². The molecule has 0 spiro atoms. The molecule has 3 N–H and O–H groups in total. The number of aliphatic hydroxyl groups excluding tert-OH is 1. The number of carbonyl (C=O) groups is 4. The standard InChI is InChI=1S/C82H160O17P2/c1-7-10-12-14-16-18-20-22-24-25-26-27-28-29-30-31-33-35-41-49-55-61-67-82(87)98-77(70-92-79(84)64-58-52-46-39-37-36-38-45-51-57-63-75(6)9-3)72-96-100(88,89)94-68-76(83)69-95-101(90,91)97-73-78(71-93-80(85)65-59-53-47-43-42-44-50-56-62-74(4)5)99-81(86)66-60-54-48-40-34-32-23-21-19-17-15-13-11-8-2/h74-78,83H,7-73H2,1-6H3,(H,88,89)(H,90,91)/t75?,76-,77-,78-/m1/s1. The molecule has 101 heavy (non-hydrogen) atoms. The maximum atomic E-state index is 13.1. The third kappa shape index (κ3) is 74.7. The molecule has 0 aliphatic rings. The summed E-state index contributed by atoms with van der Waals surface area (Å²) in [5.74, 6) is -0.573. The van der Waals surface area contributed by atoms with E-state index in [0.29, 0.717) is 25.7 Å². The van der Waals surface area contributed by atoms with Gasteiger partial charge in [-0.2, -0.15) is 0 Å². The van der Waals surface area contributed by atoms with Crippen LogP contribution in [-0.4, -0.2) is 96.7 Å². The van der Waals surface area contributed by atoms with Crippen LogP contribution in [0.5, 0.6) is 0 Å². The van der Waals surface area contributed by atoms with Gasteiger partial charge in [0.1, 0.15) is 19.3 Å². The van der Waals surface area contributed by atoms with Gasteiger partial charge in [0.05, 0.1) is 26.4 Å². The number of esters is 4. The second kappa shape index (κ2) is 73.6. The summed E-state index contributed by atoms with van der Waals surface area (Å²) in [5, 5.41) is 10.6. The minimum absolute atomic E-state index is 0.107. The topological polar surface area (TPSA) is 237 Å². The number of carbonyl (C=O) groups excluding carboxylic acids is 4. The van der Waals surface area contributed by atoms with Crippen molar-refractivity contribution in [3.8, 4) is 0 Å². The fourth-order valence-electron chi connectivity index (χ4n) is 12.7. The zero-order valence-corrected chi connectivity index (χ0v) is 68.0. The minimum atomic E-state index is -4.96. The van der Waals surface area contributed by atoms with E-state index in [0.717, 1.165) is 102 Å². The van der Waals surface area contributed by atoms with Crippen molar-refractivity contribution in [1.29, 1.82) is 0 Å². The predicted molar refractivity (Wildman–Crippen MR) is 414 cm³/mol. The second-order valence-electron chi connectivity index (χ2n) is 30.2. The van der Waals surface area contributed by atoms with Gasteiger partial charge in [0, 0.05) is 25.7 Å². The van der Waals surface area contributed by atoms with Crippen LogP contribution in [0, 0.1) is 11.8 Å². The lowest BCUT2D eigenvalue weighted by atomic mass is 9.99. The average molecular weight is 1480 g/mol. The van der Waals surface area contributed by atoms with Gasteiger partial charge in [-0.25, -0.2) is 9.13 Å². The lowest BCUT2D eigenvalue weighted by Crippen LogP contribution is -2.30. The van der Waals surface area contributed by atoms with Crippen molar-refractivity contribution in [2.75, 3.05) is 39.6 Å². The normalized spacial score (nSPS) is 14.2. The van der Waals surface area contributed by atoms with E-state index in [9.17, 15) is 43.2 Å². The summed E-state index contributed by atoms with van der Waals surface area (Å²) in [7, 11) is -9.92. The highest BCUT2D eigenvalue weighted by atomic mass is 31.2. The first-order valence-electron chi connectivity index (χ1n) is 42.5. The molecule has 0 saturated carbocycles. The molecule has 0 aromatic rings. The largest absolute Gasteiger partial charge is 0.472 e. The van der Waals surface area contributed by atoms with E-state index in [1.54, 1.807) is 0 Å². The third-order valence-electron chi connectivity index (χ3n) is 19.6. The molecule has 0 amide bonds. The summed E-state index contributed by atoms with van der Waals surface area (Å²) in [6, 6.07) is 0. The Kier molecular flexibility index (Phi) is 72.2. The Balaban J connectivity index is 5.22. The van der Waals surface area contributed by atoms with Gasteiger partial charge in [-0.1, -0.05) is 382 Å². The Morgan fingerprint density at radius 1 is 0.287 bits per heavy atom. The lowest BCUT2D eigenvalue weighted by molar-refractivity contribution is -0.161. The molecule has 0 aliphatic carbocycles. The van der Waals surface area contributed by atoms with Crippen LogP contribution in [0.25, 0.3) is 0 Å². The molecule has 0 aromatic carbocycles. The zero-order chi connectivity index (χ0) is 74.2. The minimum Gasteiger partial charge on any atom is -0.462 e. The van der Waals surface area contributed by atoms with Crippen molar-refractivity contribution in [2.45, 2.75) is 452 Å². The molecule has 0 aromatic heterocycles. The van der Waals surface area contributed by atoms with Gasteiger partial charge in [-0.3, -0.25) is 37.3 Å². The Morgan fingerprint density at radius 2 is 0.505 bits per heavy atom. The molecule has 0 radical (unpaired) electrons. The average Bonchev–Trinajstić information content (AvgIpc) is 0.926. The maximum Gasteiger partial charge on any atom is 0.472 e. The first-order chi connectivity index (χ1) is 48.9. The number of ether oxygens (including phenoxy) is 4. The van der Waals surface area contributed by atoms with E-state index in [1.165, 1.54) is 250 Å².